The number of para-hydroxylation sites is 1. The highest BCUT2D eigenvalue weighted by molar-refractivity contribution is 5.96. The van der Waals surface area contributed by atoms with Gasteiger partial charge >= 0.3 is 0 Å². The third-order valence-electron chi connectivity index (χ3n) is 3.01. The Hall–Kier alpha value is -1.35. The minimum atomic E-state index is -0.459. The number of carbonyl (C=O) groups is 1. The Morgan fingerprint density at radius 3 is 2.59 bits per heavy atom. The molecule has 0 saturated heterocycles. The van der Waals surface area contributed by atoms with Crippen LogP contribution in [0.15, 0.2) is 18.2 Å². The molecule has 1 aromatic carbocycles. The number of benzene rings is 1. The lowest BCUT2D eigenvalue weighted by atomic mass is 10.0. The molecule has 0 radical (unpaired) electrons. The topological polar surface area (TPSA) is 55.1 Å². The standard InChI is InChI=1S/C14H22N2O/c1-5-11-8-6-7-10(4)13(11)16-14(17)12(15)9(2)3/h6-9,12H,5,15H2,1-4H3,(H,16,17)/t12-/m0/s1. The molecule has 1 rings (SSSR count). The van der Waals surface area contributed by atoms with Crippen LogP contribution in [0, 0.1) is 12.8 Å². The first-order valence-electron chi connectivity index (χ1n) is 6.12. The minimum Gasteiger partial charge on any atom is -0.324 e. The second-order valence-electron chi connectivity index (χ2n) is 4.72. The van der Waals surface area contributed by atoms with E-state index >= 15 is 0 Å². The molecule has 0 aliphatic carbocycles. The lowest BCUT2D eigenvalue weighted by Crippen LogP contribution is -2.40. The predicted molar refractivity (Wildman–Crippen MR) is 72.0 cm³/mol. The van der Waals surface area contributed by atoms with E-state index in [0.717, 1.165) is 23.2 Å². The van der Waals surface area contributed by atoms with Crippen molar-refractivity contribution in [2.24, 2.45) is 11.7 Å². The number of rotatable bonds is 4. The van der Waals surface area contributed by atoms with Gasteiger partial charge in [-0.05, 0) is 30.4 Å². The van der Waals surface area contributed by atoms with E-state index in [1.807, 2.05) is 39.0 Å². The van der Waals surface area contributed by atoms with Crippen molar-refractivity contribution in [3.8, 4) is 0 Å². The first kappa shape index (κ1) is 13.7. The van der Waals surface area contributed by atoms with E-state index in [9.17, 15) is 4.79 Å². The quantitative estimate of drug-likeness (QED) is 0.841. The number of nitrogens with one attached hydrogen (secondary N) is 1. The van der Waals surface area contributed by atoms with Gasteiger partial charge in [-0.2, -0.15) is 0 Å². The number of carbonyl (C=O) groups excluding carboxylic acids is 1. The first-order chi connectivity index (χ1) is 7.97. The fourth-order valence-electron chi connectivity index (χ4n) is 1.71. The van der Waals surface area contributed by atoms with Gasteiger partial charge in [0.15, 0.2) is 0 Å². The van der Waals surface area contributed by atoms with Crippen LogP contribution in [0.3, 0.4) is 0 Å². The van der Waals surface area contributed by atoms with Gasteiger partial charge in [0.25, 0.3) is 0 Å². The molecule has 94 valence electrons. The van der Waals surface area contributed by atoms with Crippen LogP contribution in [0.1, 0.15) is 31.9 Å². The van der Waals surface area contributed by atoms with Crippen molar-refractivity contribution in [1.82, 2.24) is 0 Å². The summed E-state index contributed by atoms with van der Waals surface area (Å²) in [5.41, 5.74) is 8.98. The zero-order valence-electron chi connectivity index (χ0n) is 11.1. The molecule has 0 bridgehead atoms. The van der Waals surface area contributed by atoms with Gasteiger partial charge in [0.2, 0.25) is 5.91 Å². The molecule has 3 N–H and O–H groups in total. The molecule has 1 aromatic rings. The van der Waals surface area contributed by atoms with Crippen LogP contribution in [0.4, 0.5) is 5.69 Å². The highest BCUT2D eigenvalue weighted by Crippen LogP contribution is 2.21. The highest BCUT2D eigenvalue weighted by atomic mass is 16.2. The van der Waals surface area contributed by atoms with E-state index in [0.29, 0.717) is 0 Å². The smallest absolute Gasteiger partial charge is 0.241 e. The Bertz CT molecular complexity index is 399. The Kier molecular flexibility index (Phi) is 4.70. The number of nitrogens with two attached hydrogens (primary N) is 1. The molecule has 3 nitrogen and oxygen atoms in total. The molecular weight excluding hydrogens is 212 g/mol. The molecule has 3 heteroatoms. The average Bonchev–Trinajstić information content (AvgIpc) is 2.30. The molecule has 0 aliphatic heterocycles. The zero-order valence-corrected chi connectivity index (χ0v) is 11.1. The first-order valence-corrected chi connectivity index (χ1v) is 6.12. The summed E-state index contributed by atoms with van der Waals surface area (Å²) in [6.45, 7) is 7.97. The summed E-state index contributed by atoms with van der Waals surface area (Å²) < 4.78 is 0. The Labute approximate surface area is 103 Å². The normalized spacial score (nSPS) is 12.6. The van der Waals surface area contributed by atoms with Crippen molar-refractivity contribution in [3.05, 3.63) is 29.3 Å². The van der Waals surface area contributed by atoms with E-state index < -0.39 is 6.04 Å². The Balaban J connectivity index is 2.91. The average molecular weight is 234 g/mol. The fourth-order valence-corrected chi connectivity index (χ4v) is 1.71. The third-order valence-corrected chi connectivity index (χ3v) is 3.01. The van der Waals surface area contributed by atoms with Gasteiger partial charge in [0.05, 0.1) is 6.04 Å². The van der Waals surface area contributed by atoms with Gasteiger partial charge in [0.1, 0.15) is 0 Å². The van der Waals surface area contributed by atoms with Gasteiger partial charge in [-0.25, -0.2) is 0 Å². The van der Waals surface area contributed by atoms with Crippen LogP contribution in [-0.2, 0) is 11.2 Å². The van der Waals surface area contributed by atoms with Crippen molar-refractivity contribution in [2.75, 3.05) is 5.32 Å². The summed E-state index contributed by atoms with van der Waals surface area (Å²) in [7, 11) is 0. The molecule has 0 unspecified atom stereocenters. The van der Waals surface area contributed by atoms with Crippen LogP contribution >= 0.6 is 0 Å². The number of anilines is 1. The lowest BCUT2D eigenvalue weighted by molar-refractivity contribution is -0.118. The maximum absolute atomic E-state index is 11.9. The maximum atomic E-state index is 11.9. The number of aryl methyl sites for hydroxylation is 2. The van der Waals surface area contributed by atoms with Crippen LogP contribution in [0.5, 0.6) is 0 Å². The Morgan fingerprint density at radius 1 is 1.41 bits per heavy atom. The van der Waals surface area contributed by atoms with Gasteiger partial charge in [-0.15, -0.1) is 0 Å². The van der Waals surface area contributed by atoms with E-state index in [1.54, 1.807) is 0 Å². The van der Waals surface area contributed by atoms with Crippen LogP contribution < -0.4 is 11.1 Å². The Morgan fingerprint density at radius 2 is 2.06 bits per heavy atom. The second-order valence-corrected chi connectivity index (χ2v) is 4.72. The number of hydrogen-bond donors (Lipinski definition) is 2. The minimum absolute atomic E-state index is 0.107. The number of hydrogen-bond acceptors (Lipinski definition) is 2. The molecule has 0 fully saturated rings. The van der Waals surface area contributed by atoms with Crippen molar-refractivity contribution in [2.45, 2.75) is 40.2 Å². The fraction of sp³-hybridized carbons (Fsp3) is 0.500. The van der Waals surface area contributed by atoms with E-state index in [1.165, 1.54) is 0 Å². The van der Waals surface area contributed by atoms with Gasteiger partial charge < -0.3 is 11.1 Å². The van der Waals surface area contributed by atoms with Crippen molar-refractivity contribution in [3.63, 3.8) is 0 Å². The monoisotopic (exact) mass is 234 g/mol. The molecule has 0 heterocycles. The van der Waals surface area contributed by atoms with Crippen molar-refractivity contribution >= 4 is 11.6 Å². The van der Waals surface area contributed by atoms with Crippen molar-refractivity contribution in [1.29, 1.82) is 0 Å². The third kappa shape index (κ3) is 3.30. The summed E-state index contributed by atoms with van der Waals surface area (Å²) in [6.07, 6.45) is 0.897. The summed E-state index contributed by atoms with van der Waals surface area (Å²) >= 11 is 0. The zero-order chi connectivity index (χ0) is 13.0. The molecule has 1 amide bonds. The molecule has 0 aromatic heterocycles. The summed E-state index contributed by atoms with van der Waals surface area (Å²) in [4.78, 5) is 11.9. The predicted octanol–water partition coefficient (Wildman–Crippen LogP) is 2.48. The van der Waals surface area contributed by atoms with Gasteiger partial charge in [-0.3, -0.25) is 4.79 Å². The van der Waals surface area contributed by atoms with Crippen LogP contribution in [0.25, 0.3) is 0 Å². The molecule has 0 saturated carbocycles. The van der Waals surface area contributed by atoms with Crippen LogP contribution in [0.2, 0.25) is 0 Å². The highest BCUT2D eigenvalue weighted by Gasteiger charge is 2.18. The van der Waals surface area contributed by atoms with Crippen molar-refractivity contribution < 1.29 is 4.79 Å². The SMILES string of the molecule is CCc1cccc(C)c1NC(=O)[C@@H](N)C(C)C. The largest absolute Gasteiger partial charge is 0.324 e. The second kappa shape index (κ2) is 5.82. The van der Waals surface area contributed by atoms with Gasteiger partial charge in [-0.1, -0.05) is 39.0 Å². The summed E-state index contributed by atoms with van der Waals surface area (Å²) in [5, 5.41) is 2.95. The van der Waals surface area contributed by atoms with E-state index in [-0.39, 0.29) is 11.8 Å². The maximum Gasteiger partial charge on any atom is 0.241 e. The molecule has 0 spiro atoms. The van der Waals surface area contributed by atoms with E-state index in [2.05, 4.69) is 12.2 Å². The molecule has 1 atom stereocenters. The molecule has 0 aliphatic rings. The number of amides is 1. The van der Waals surface area contributed by atoms with Gasteiger partial charge in [0, 0.05) is 5.69 Å². The summed E-state index contributed by atoms with van der Waals surface area (Å²) in [5.74, 6) is 0.0353. The van der Waals surface area contributed by atoms with E-state index in [4.69, 9.17) is 5.73 Å². The molecular formula is C14H22N2O. The molecule has 17 heavy (non-hydrogen) atoms. The van der Waals surface area contributed by atoms with Crippen LogP contribution in [-0.4, -0.2) is 11.9 Å². The summed E-state index contributed by atoms with van der Waals surface area (Å²) in [6, 6.07) is 5.57. The lowest BCUT2D eigenvalue weighted by Gasteiger charge is -2.18.